The Bertz CT molecular complexity index is 208. The van der Waals surface area contributed by atoms with E-state index in [1.54, 1.807) is 14.2 Å². The molecule has 0 saturated carbocycles. The van der Waals surface area contributed by atoms with Crippen LogP contribution >= 0.6 is 12.4 Å². The Balaban J connectivity index is 0. The van der Waals surface area contributed by atoms with Crippen molar-refractivity contribution in [2.75, 3.05) is 27.4 Å². The van der Waals surface area contributed by atoms with Gasteiger partial charge < -0.3 is 19.9 Å². The summed E-state index contributed by atoms with van der Waals surface area (Å²) in [6.07, 6.45) is 12.8. The zero-order valence-electron chi connectivity index (χ0n) is 14.9. The standard InChI is InChI=1S/C17H37NO3.ClH/c1-4-5-6-7-8-9-10-11-12-13-14-21-15-16(19-2)17(18)20-3;/h16-17H,4-15,18H2,1-3H3;1H. The van der Waals surface area contributed by atoms with Crippen LogP contribution in [0.15, 0.2) is 0 Å². The zero-order chi connectivity index (χ0) is 15.8. The number of halogens is 1. The van der Waals surface area contributed by atoms with Gasteiger partial charge >= 0.3 is 0 Å². The molecule has 4 nitrogen and oxygen atoms in total. The van der Waals surface area contributed by atoms with Crippen LogP contribution < -0.4 is 5.73 Å². The third-order valence-corrected chi connectivity index (χ3v) is 3.87. The minimum absolute atomic E-state index is 0. The Kier molecular flexibility index (Phi) is 21.3. The number of unbranched alkanes of at least 4 members (excludes halogenated alkanes) is 9. The zero-order valence-corrected chi connectivity index (χ0v) is 15.7. The molecule has 0 heterocycles. The van der Waals surface area contributed by atoms with E-state index in [0.717, 1.165) is 13.0 Å². The summed E-state index contributed by atoms with van der Waals surface area (Å²) >= 11 is 0. The molecule has 0 aliphatic rings. The van der Waals surface area contributed by atoms with Crippen molar-refractivity contribution in [3.05, 3.63) is 0 Å². The van der Waals surface area contributed by atoms with Crippen molar-refractivity contribution in [3.63, 3.8) is 0 Å². The van der Waals surface area contributed by atoms with Crippen LogP contribution in [0.5, 0.6) is 0 Å². The number of ether oxygens (including phenoxy) is 3. The van der Waals surface area contributed by atoms with Gasteiger partial charge in [0, 0.05) is 20.8 Å². The maximum absolute atomic E-state index is 5.74. The Morgan fingerprint density at radius 3 is 1.73 bits per heavy atom. The lowest BCUT2D eigenvalue weighted by atomic mass is 10.1. The lowest BCUT2D eigenvalue weighted by Crippen LogP contribution is -2.40. The summed E-state index contributed by atoms with van der Waals surface area (Å²) in [5, 5.41) is 0. The fraction of sp³-hybridized carbons (Fsp3) is 1.00. The van der Waals surface area contributed by atoms with Crippen LogP contribution in [0, 0.1) is 0 Å². The first-order valence-electron chi connectivity index (χ1n) is 8.65. The van der Waals surface area contributed by atoms with Gasteiger partial charge in [-0.2, -0.15) is 0 Å². The molecular weight excluding hydrogens is 302 g/mol. The van der Waals surface area contributed by atoms with Gasteiger partial charge in [-0.15, -0.1) is 12.4 Å². The quantitative estimate of drug-likeness (QED) is 0.336. The fourth-order valence-corrected chi connectivity index (χ4v) is 2.34. The van der Waals surface area contributed by atoms with Crippen molar-refractivity contribution in [1.29, 1.82) is 0 Å². The van der Waals surface area contributed by atoms with E-state index in [1.807, 2.05) is 0 Å². The minimum atomic E-state index is -0.414. The SMILES string of the molecule is CCCCCCCCCCCCOCC(OC)C(N)OC.Cl. The van der Waals surface area contributed by atoms with Crippen LogP contribution in [0.4, 0.5) is 0 Å². The molecule has 0 fully saturated rings. The van der Waals surface area contributed by atoms with Gasteiger partial charge in [-0.25, -0.2) is 0 Å². The molecule has 136 valence electrons. The number of nitrogens with two attached hydrogens (primary N) is 1. The first kappa shape index (κ1) is 24.4. The summed E-state index contributed by atoms with van der Waals surface area (Å²) < 4.78 is 15.9. The molecule has 0 amide bonds. The monoisotopic (exact) mass is 339 g/mol. The Morgan fingerprint density at radius 1 is 0.773 bits per heavy atom. The molecular formula is C17H38ClNO3. The number of rotatable bonds is 16. The summed E-state index contributed by atoms with van der Waals surface area (Å²) in [6.45, 7) is 3.55. The second kappa shape index (κ2) is 19.2. The van der Waals surface area contributed by atoms with Crippen molar-refractivity contribution in [2.24, 2.45) is 5.73 Å². The van der Waals surface area contributed by atoms with Gasteiger partial charge in [-0.1, -0.05) is 64.7 Å². The maximum atomic E-state index is 5.74. The van der Waals surface area contributed by atoms with Gasteiger partial charge in [0.2, 0.25) is 0 Å². The fourth-order valence-electron chi connectivity index (χ4n) is 2.34. The summed E-state index contributed by atoms with van der Waals surface area (Å²) in [4.78, 5) is 0. The molecule has 0 aromatic carbocycles. The van der Waals surface area contributed by atoms with Crippen LogP contribution in [-0.2, 0) is 14.2 Å². The molecule has 0 rings (SSSR count). The van der Waals surface area contributed by atoms with Gasteiger partial charge in [-0.05, 0) is 6.42 Å². The highest BCUT2D eigenvalue weighted by Crippen LogP contribution is 2.10. The molecule has 0 radical (unpaired) electrons. The van der Waals surface area contributed by atoms with Crippen molar-refractivity contribution < 1.29 is 14.2 Å². The maximum Gasteiger partial charge on any atom is 0.134 e. The molecule has 22 heavy (non-hydrogen) atoms. The summed E-state index contributed by atoms with van der Waals surface area (Å²) in [7, 11) is 3.21. The van der Waals surface area contributed by atoms with E-state index < -0.39 is 6.23 Å². The van der Waals surface area contributed by atoms with Gasteiger partial charge in [0.05, 0.1) is 6.61 Å². The van der Waals surface area contributed by atoms with Crippen LogP contribution in [0.1, 0.15) is 71.1 Å². The molecule has 0 saturated heterocycles. The molecule has 2 atom stereocenters. The van der Waals surface area contributed by atoms with E-state index in [9.17, 15) is 0 Å². The van der Waals surface area contributed by atoms with E-state index in [1.165, 1.54) is 57.8 Å². The minimum Gasteiger partial charge on any atom is -0.379 e. The summed E-state index contributed by atoms with van der Waals surface area (Å²) in [6, 6.07) is 0. The van der Waals surface area contributed by atoms with Crippen LogP contribution in [0.3, 0.4) is 0 Å². The molecule has 2 N–H and O–H groups in total. The highest BCUT2D eigenvalue weighted by atomic mass is 35.5. The average Bonchev–Trinajstić information content (AvgIpc) is 2.51. The van der Waals surface area contributed by atoms with E-state index in [-0.39, 0.29) is 18.5 Å². The molecule has 5 heteroatoms. The van der Waals surface area contributed by atoms with Gasteiger partial charge in [0.15, 0.2) is 0 Å². The Labute approximate surface area is 143 Å². The smallest absolute Gasteiger partial charge is 0.134 e. The molecule has 0 aliphatic heterocycles. The first-order valence-corrected chi connectivity index (χ1v) is 8.65. The third kappa shape index (κ3) is 15.0. The molecule has 0 aromatic rings. The molecule has 0 aliphatic carbocycles. The largest absolute Gasteiger partial charge is 0.379 e. The third-order valence-electron chi connectivity index (χ3n) is 3.87. The average molecular weight is 340 g/mol. The second-order valence-electron chi connectivity index (χ2n) is 5.73. The summed E-state index contributed by atoms with van der Waals surface area (Å²) in [5.74, 6) is 0. The lowest BCUT2D eigenvalue weighted by Gasteiger charge is -2.20. The molecule has 0 spiro atoms. The number of hydrogen-bond acceptors (Lipinski definition) is 4. The highest BCUT2D eigenvalue weighted by Gasteiger charge is 2.16. The first-order chi connectivity index (χ1) is 10.3. The Hall–Kier alpha value is 0.130. The molecule has 0 bridgehead atoms. The van der Waals surface area contributed by atoms with E-state index >= 15 is 0 Å². The molecule has 0 aromatic heterocycles. The van der Waals surface area contributed by atoms with Crippen LogP contribution in [0.2, 0.25) is 0 Å². The van der Waals surface area contributed by atoms with E-state index in [0.29, 0.717) is 6.61 Å². The predicted octanol–water partition coefficient (Wildman–Crippen LogP) is 4.29. The van der Waals surface area contributed by atoms with Crippen molar-refractivity contribution in [3.8, 4) is 0 Å². The summed E-state index contributed by atoms with van der Waals surface area (Å²) in [5.41, 5.74) is 5.74. The number of methoxy groups -OCH3 is 2. The second-order valence-corrected chi connectivity index (χ2v) is 5.73. The van der Waals surface area contributed by atoms with Gasteiger partial charge in [-0.3, -0.25) is 0 Å². The van der Waals surface area contributed by atoms with Gasteiger partial charge in [0.25, 0.3) is 0 Å². The van der Waals surface area contributed by atoms with Crippen molar-refractivity contribution >= 4 is 12.4 Å². The van der Waals surface area contributed by atoms with Gasteiger partial charge in [0.1, 0.15) is 12.3 Å². The lowest BCUT2D eigenvalue weighted by molar-refractivity contribution is -0.0732. The predicted molar refractivity (Wildman–Crippen MR) is 95.7 cm³/mol. The molecule has 2 unspecified atom stereocenters. The normalized spacial score (nSPS) is 13.6. The van der Waals surface area contributed by atoms with Crippen LogP contribution in [0.25, 0.3) is 0 Å². The highest BCUT2D eigenvalue weighted by molar-refractivity contribution is 5.85. The topological polar surface area (TPSA) is 53.7 Å². The van der Waals surface area contributed by atoms with E-state index in [4.69, 9.17) is 19.9 Å². The van der Waals surface area contributed by atoms with Crippen molar-refractivity contribution in [1.82, 2.24) is 0 Å². The van der Waals surface area contributed by atoms with E-state index in [2.05, 4.69) is 6.92 Å². The Morgan fingerprint density at radius 2 is 1.27 bits per heavy atom. The number of hydrogen-bond donors (Lipinski definition) is 1. The van der Waals surface area contributed by atoms with Crippen molar-refractivity contribution in [2.45, 2.75) is 83.5 Å². The van der Waals surface area contributed by atoms with Crippen LogP contribution in [-0.4, -0.2) is 39.8 Å².